The molecule has 5 atom stereocenters. The van der Waals surface area contributed by atoms with Crippen LogP contribution in [0.15, 0.2) is 109 Å². The number of nitrogens with two attached hydrogens (primary N) is 1. The van der Waals surface area contributed by atoms with Crippen molar-refractivity contribution in [3.05, 3.63) is 109 Å². The highest BCUT2D eigenvalue weighted by Crippen LogP contribution is 2.43. The van der Waals surface area contributed by atoms with Gasteiger partial charge in [-0.15, -0.1) is 0 Å². The number of phosphoric ester groups is 1. The highest BCUT2D eigenvalue weighted by molar-refractivity contribution is 7.47. The van der Waals surface area contributed by atoms with Crippen LogP contribution < -0.4 is 5.73 Å². The second-order valence-corrected chi connectivity index (χ2v) is 16.0. The summed E-state index contributed by atoms with van der Waals surface area (Å²) in [5, 5.41) is 29.1. The summed E-state index contributed by atoms with van der Waals surface area (Å²) in [5.41, 5.74) is 5.31. The minimum atomic E-state index is -4.81. The van der Waals surface area contributed by atoms with Gasteiger partial charge in [-0.25, -0.2) is 4.57 Å². The standard InChI is InChI=1S/C48H76NO12P/c1-3-5-7-8-9-10-11-12-13-14-15-16-17-18-19-20-24-27-31-37-46(52)58-39-44(40-59-62(56,57)60-41-45(49)48(54)55)61-47(53)38-32-36-43(51)35-30-26-23-21-22-25-29-34-42(50)33-28-6-4-2/h9-10,12-13,15-16,18-19,22-27,29-30,34-35,42-45,50-51H,3-8,11,14,17,20-21,28,31-33,36-41,49H2,1-2H3,(H,54,55)(H,56,57)/b10-9-,13-12-,16-15-,19-18-,25-22-,26-23-,27-24-,34-29+,35-30+/t42-,43-,44-,45+/m1/s1. The van der Waals surface area contributed by atoms with Crippen molar-refractivity contribution in [2.45, 2.75) is 154 Å². The summed E-state index contributed by atoms with van der Waals surface area (Å²) in [5.74, 6) is -2.76. The number of aliphatic carboxylic acids is 1. The second-order valence-electron chi connectivity index (χ2n) is 14.5. The minimum Gasteiger partial charge on any atom is -0.480 e. The molecule has 0 bridgehead atoms. The van der Waals surface area contributed by atoms with Gasteiger partial charge in [0.25, 0.3) is 0 Å². The number of carbonyl (C=O) groups is 3. The van der Waals surface area contributed by atoms with E-state index in [1.807, 2.05) is 42.5 Å². The molecule has 0 saturated heterocycles. The number of carbonyl (C=O) groups excluding carboxylic acids is 2. The Kier molecular flexibility index (Phi) is 38.5. The van der Waals surface area contributed by atoms with Gasteiger partial charge in [0, 0.05) is 12.8 Å². The van der Waals surface area contributed by atoms with Gasteiger partial charge in [-0.1, -0.05) is 155 Å². The van der Waals surface area contributed by atoms with E-state index in [4.69, 9.17) is 24.8 Å². The van der Waals surface area contributed by atoms with Gasteiger partial charge in [-0.2, -0.15) is 0 Å². The normalized spacial score (nSPS) is 15.7. The maximum atomic E-state index is 12.6. The Morgan fingerprint density at radius 3 is 1.61 bits per heavy atom. The molecule has 14 heteroatoms. The Hall–Kier alpha value is -3.94. The van der Waals surface area contributed by atoms with Crippen molar-refractivity contribution in [2.75, 3.05) is 19.8 Å². The number of allylic oxidation sites excluding steroid dienone is 16. The number of carboxylic acid groups (broad SMARTS) is 1. The van der Waals surface area contributed by atoms with Gasteiger partial charge >= 0.3 is 25.7 Å². The molecule has 0 radical (unpaired) electrons. The van der Waals surface area contributed by atoms with Crippen LogP contribution in [0.2, 0.25) is 0 Å². The van der Waals surface area contributed by atoms with Crippen LogP contribution in [0.5, 0.6) is 0 Å². The molecule has 0 heterocycles. The lowest BCUT2D eigenvalue weighted by atomic mass is 10.1. The summed E-state index contributed by atoms with van der Waals surface area (Å²) in [6, 6.07) is -1.58. The van der Waals surface area contributed by atoms with Gasteiger partial charge < -0.3 is 35.4 Å². The molecule has 0 aromatic carbocycles. The zero-order chi connectivity index (χ0) is 45.9. The molecule has 62 heavy (non-hydrogen) atoms. The summed E-state index contributed by atoms with van der Waals surface area (Å²) < 4.78 is 32.4. The van der Waals surface area contributed by atoms with E-state index < -0.39 is 69.9 Å². The summed E-state index contributed by atoms with van der Waals surface area (Å²) in [7, 11) is -4.81. The van der Waals surface area contributed by atoms with E-state index in [1.54, 1.807) is 24.3 Å². The maximum Gasteiger partial charge on any atom is 0.472 e. The first-order valence-electron chi connectivity index (χ1n) is 22.1. The second kappa shape index (κ2) is 41.1. The molecule has 0 aliphatic carbocycles. The largest absolute Gasteiger partial charge is 0.480 e. The smallest absolute Gasteiger partial charge is 0.472 e. The van der Waals surface area contributed by atoms with Crippen LogP contribution in [0.25, 0.3) is 0 Å². The van der Waals surface area contributed by atoms with Crippen molar-refractivity contribution < 1.29 is 57.7 Å². The monoisotopic (exact) mass is 890 g/mol. The van der Waals surface area contributed by atoms with E-state index in [-0.39, 0.29) is 25.7 Å². The van der Waals surface area contributed by atoms with E-state index in [9.17, 15) is 34.1 Å². The van der Waals surface area contributed by atoms with Crippen LogP contribution in [0.3, 0.4) is 0 Å². The first-order chi connectivity index (χ1) is 29.9. The van der Waals surface area contributed by atoms with E-state index in [2.05, 4.69) is 60.9 Å². The lowest BCUT2D eigenvalue weighted by molar-refractivity contribution is -0.161. The van der Waals surface area contributed by atoms with E-state index in [1.165, 1.54) is 19.3 Å². The Labute approximate surface area is 371 Å². The molecular weight excluding hydrogens is 813 g/mol. The van der Waals surface area contributed by atoms with Gasteiger partial charge in [-0.05, 0) is 70.6 Å². The Balaban J connectivity index is 4.73. The van der Waals surface area contributed by atoms with Crippen LogP contribution in [-0.4, -0.2) is 82.3 Å². The molecule has 6 N–H and O–H groups in total. The van der Waals surface area contributed by atoms with Crippen LogP contribution >= 0.6 is 7.82 Å². The van der Waals surface area contributed by atoms with Gasteiger partial charge in [0.15, 0.2) is 6.10 Å². The number of aliphatic hydroxyl groups is 2. The summed E-state index contributed by atoms with van der Waals surface area (Å²) in [6.07, 6.45) is 46.7. The fraction of sp³-hybridized carbons (Fsp3) is 0.562. The van der Waals surface area contributed by atoms with Crippen LogP contribution in [0, 0.1) is 0 Å². The first-order valence-corrected chi connectivity index (χ1v) is 23.6. The number of carboxylic acids is 1. The van der Waals surface area contributed by atoms with Gasteiger partial charge in [-0.3, -0.25) is 23.4 Å². The Morgan fingerprint density at radius 1 is 0.581 bits per heavy atom. The number of unbranched alkanes of at least 4 members (excludes halogenated alkanes) is 5. The summed E-state index contributed by atoms with van der Waals surface area (Å²) in [4.78, 5) is 46.0. The maximum absolute atomic E-state index is 12.6. The van der Waals surface area contributed by atoms with Crippen molar-refractivity contribution in [3.63, 3.8) is 0 Å². The molecule has 0 aliphatic rings. The van der Waals surface area contributed by atoms with Crippen LogP contribution in [-0.2, 0) is 37.5 Å². The number of hydrogen-bond donors (Lipinski definition) is 5. The molecule has 0 aliphatic heterocycles. The summed E-state index contributed by atoms with van der Waals surface area (Å²) in [6.45, 7) is 2.34. The van der Waals surface area contributed by atoms with Gasteiger partial charge in [0.1, 0.15) is 12.6 Å². The molecule has 13 nitrogen and oxygen atoms in total. The topological polar surface area (TPSA) is 212 Å². The van der Waals surface area contributed by atoms with E-state index in [0.717, 1.165) is 51.4 Å². The zero-order valence-corrected chi connectivity index (χ0v) is 38.0. The third-order valence-corrected chi connectivity index (χ3v) is 9.67. The molecule has 0 amide bonds. The number of phosphoric acid groups is 1. The predicted octanol–water partition coefficient (Wildman–Crippen LogP) is 9.78. The number of hydrogen-bond acceptors (Lipinski definition) is 11. The van der Waals surface area contributed by atoms with E-state index in [0.29, 0.717) is 19.3 Å². The van der Waals surface area contributed by atoms with Crippen molar-refractivity contribution in [3.8, 4) is 0 Å². The van der Waals surface area contributed by atoms with Gasteiger partial charge in [0.05, 0.1) is 25.4 Å². The molecule has 0 aromatic heterocycles. The molecule has 1 unspecified atom stereocenters. The van der Waals surface area contributed by atoms with Crippen molar-refractivity contribution in [1.29, 1.82) is 0 Å². The number of aliphatic hydroxyl groups excluding tert-OH is 2. The van der Waals surface area contributed by atoms with Gasteiger partial charge in [0.2, 0.25) is 0 Å². The molecule has 0 aromatic rings. The fourth-order valence-electron chi connectivity index (χ4n) is 5.14. The lowest BCUT2D eigenvalue weighted by Gasteiger charge is -2.20. The average Bonchev–Trinajstić information content (AvgIpc) is 3.24. The first kappa shape index (κ1) is 58.1. The van der Waals surface area contributed by atoms with Crippen molar-refractivity contribution >= 4 is 25.7 Å². The SMILES string of the molecule is CCCCC/C=C\C/C=C\C/C=C\C/C=C\C/C=C\CCC(=O)OC[C@H](COP(=O)(O)OC[C@H](N)C(=O)O)OC(=O)CCC[C@H](O)/C=C/C=C\C/C=C\C=C\[C@H](O)CCCCC. The fourth-order valence-corrected chi connectivity index (χ4v) is 5.92. The van der Waals surface area contributed by atoms with Crippen molar-refractivity contribution in [1.82, 2.24) is 0 Å². The van der Waals surface area contributed by atoms with Crippen LogP contribution in [0.1, 0.15) is 129 Å². The minimum absolute atomic E-state index is 0.0419. The highest BCUT2D eigenvalue weighted by Gasteiger charge is 2.28. The van der Waals surface area contributed by atoms with Crippen molar-refractivity contribution in [2.24, 2.45) is 5.73 Å². The third kappa shape index (κ3) is 40.2. The average molecular weight is 890 g/mol. The molecule has 0 rings (SSSR count). The third-order valence-electron chi connectivity index (χ3n) is 8.72. The lowest BCUT2D eigenvalue weighted by Crippen LogP contribution is -2.34. The molecule has 350 valence electrons. The predicted molar refractivity (Wildman–Crippen MR) is 247 cm³/mol. The highest BCUT2D eigenvalue weighted by atomic mass is 31.2. The molecular formula is C48H76NO12P. The number of esters is 2. The van der Waals surface area contributed by atoms with Crippen LogP contribution in [0.4, 0.5) is 0 Å². The quantitative estimate of drug-likeness (QED) is 0.0128. The Bertz CT molecular complexity index is 1500. The molecule has 0 saturated carbocycles. The summed E-state index contributed by atoms with van der Waals surface area (Å²) >= 11 is 0. The molecule has 0 fully saturated rings. The zero-order valence-electron chi connectivity index (χ0n) is 37.1. The number of rotatable bonds is 39. The molecule has 0 spiro atoms. The number of ether oxygens (including phenoxy) is 2. The Morgan fingerprint density at radius 2 is 1.06 bits per heavy atom. The van der Waals surface area contributed by atoms with E-state index >= 15 is 0 Å².